The molecular weight excluding hydrogens is 276 g/mol. The molecule has 2 aromatic rings. The van der Waals surface area contributed by atoms with Gasteiger partial charge in [-0.05, 0) is 12.1 Å². The summed E-state index contributed by atoms with van der Waals surface area (Å²) in [5, 5.41) is 26.8. The van der Waals surface area contributed by atoms with Crippen LogP contribution in [0.4, 0.5) is 5.69 Å². The van der Waals surface area contributed by atoms with Crippen molar-refractivity contribution >= 4 is 23.3 Å². The monoisotopic (exact) mass is 282 g/mol. The topological polar surface area (TPSA) is 111 Å². The molecule has 0 bridgehead atoms. The molecule has 1 N–H and O–H groups in total. The standard InChI is InChI=1S/C10H7ClN4O4/c11-8-2-1-7(4-9(8)15(18)19)14-5-6(12-13-14)3-10(16)17/h1-2,4-5H,3H2,(H,16,17). The van der Waals surface area contributed by atoms with Crippen molar-refractivity contribution in [1.29, 1.82) is 0 Å². The highest BCUT2D eigenvalue weighted by atomic mass is 35.5. The molecule has 0 spiro atoms. The molecule has 0 atom stereocenters. The second-order valence-corrected chi connectivity index (χ2v) is 4.02. The van der Waals surface area contributed by atoms with Crippen molar-refractivity contribution in [2.45, 2.75) is 6.42 Å². The second-order valence-electron chi connectivity index (χ2n) is 3.62. The Labute approximate surface area is 111 Å². The summed E-state index contributed by atoms with van der Waals surface area (Å²) in [6, 6.07) is 4.13. The molecule has 0 fully saturated rings. The van der Waals surface area contributed by atoms with Gasteiger partial charge in [-0.15, -0.1) is 5.10 Å². The van der Waals surface area contributed by atoms with E-state index in [9.17, 15) is 14.9 Å². The highest BCUT2D eigenvalue weighted by Crippen LogP contribution is 2.26. The lowest BCUT2D eigenvalue weighted by Crippen LogP contribution is -2.00. The quantitative estimate of drug-likeness (QED) is 0.671. The molecule has 9 heteroatoms. The Bertz CT molecular complexity index is 655. The molecule has 0 aliphatic heterocycles. The van der Waals surface area contributed by atoms with E-state index in [1.165, 1.54) is 29.1 Å². The van der Waals surface area contributed by atoms with Crippen LogP contribution < -0.4 is 0 Å². The minimum absolute atomic E-state index is 0.0135. The van der Waals surface area contributed by atoms with Crippen molar-refractivity contribution < 1.29 is 14.8 Å². The van der Waals surface area contributed by atoms with Gasteiger partial charge < -0.3 is 5.11 Å². The van der Waals surface area contributed by atoms with Gasteiger partial charge in [-0.25, -0.2) is 4.68 Å². The molecule has 1 heterocycles. The molecule has 0 aliphatic carbocycles. The Kier molecular flexibility index (Phi) is 3.43. The van der Waals surface area contributed by atoms with Crippen molar-refractivity contribution in [2.24, 2.45) is 0 Å². The first kappa shape index (κ1) is 13.0. The lowest BCUT2D eigenvalue weighted by Gasteiger charge is -2.00. The first-order valence-corrected chi connectivity index (χ1v) is 5.42. The first-order valence-electron chi connectivity index (χ1n) is 5.04. The number of benzene rings is 1. The summed E-state index contributed by atoms with van der Waals surface area (Å²) < 4.78 is 1.25. The smallest absolute Gasteiger partial charge is 0.309 e. The predicted octanol–water partition coefficient (Wildman–Crippen LogP) is 1.46. The SMILES string of the molecule is O=C(O)Cc1cn(-c2ccc(Cl)c([N+](=O)[O-])c2)nn1. The minimum Gasteiger partial charge on any atom is -0.481 e. The van der Waals surface area contributed by atoms with Crippen LogP contribution in [-0.2, 0) is 11.2 Å². The molecule has 0 saturated heterocycles. The summed E-state index contributed by atoms with van der Waals surface area (Å²) in [4.78, 5) is 20.7. The van der Waals surface area contributed by atoms with Gasteiger partial charge in [0, 0.05) is 6.07 Å². The highest BCUT2D eigenvalue weighted by Gasteiger charge is 2.14. The first-order chi connectivity index (χ1) is 8.97. The van der Waals surface area contributed by atoms with Crippen LogP contribution in [0.1, 0.15) is 5.69 Å². The van der Waals surface area contributed by atoms with Gasteiger partial charge in [0.25, 0.3) is 5.69 Å². The van der Waals surface area contributed by atoms with Gasteiger partial charge in [-0.2, -0.15) is 0 Å². The Morgan fingerprint density at radius 2 is 2.26 bits per heavy atom. The zero-order chi connectivity index (χ0) is 14.0. The van der Waals surface area contributed by atoms with Crippen LogP contribution >= 0.6 is 11.6 Å². The maximum atomic E-state index is 10.8. The lowest BCUT2D eigenvalue weighted by molar-refractivity contribution is -0.384. The zero-order valence-corrected chi connectivity index (χ0v) is 10.1. The van der Waals surface area contributed by atoms with Gasteiger partial charge in [0.05, 0.1) is 28.9 Å². The van der Waals surface area contributed by atoms with E-state index in [1.807, 2.05) is 0 Å². The normalized spacial score (nSPS) is 10.4. The van der Waals surface area contributed by atoms with E-state index in [-0.39, 0.29) is 22.8 Å². The van der Waals surface area contributed by atoms with E-state index < -0.39 is 10.9 Å². The van der Waals surface area contributed by atoms with E-state index in [4.69, 9.17) is 16.7 Å². The molecule has 0 radical (unpaired) electrons. The Morgan fingerprint density at radius 1 is 1.53 bits per heavy atom. The van der Waals surface area contributed by atoms with Gasteiger partial charge in [0.1, 0.15) is 5.02 Å². The molecule has 19 heavy (non-hydrogen) atoms. The van der Waals surface area contributed by atoms with Crippen molar-refractivity contribution in [1.82, 2.24) is 15.0 Å². The minimum atomic E-state index is -1.03. The molecule has 1 aromatic carbocycles. The summed E-state index contributed by atoms with van der Waals surface area (Å²) in [7, 11) is 0. The van der Waals surface area contributed by atoms with Gasteiger partial charge in [-0.1, -0.05) is 16.8 Å². The number of aromatic nitrogens is 3. The zero-order valence-electron chi connectivity index (χ0n) is 9.36. The van der Waals surface area contributed by atoms with Crippen molar-refractivity contribution in [3.05, 3.63) is 45.2 Å². The van der Waals surface area contributed by atoms with Crippen LogP contribution in [0, 0.1) is 10.1 Å². The van der Waals surface area contributed by atoms with E-state index in [1.54, 1.807) is 0 Å². The van der Waals surface area contributed by atoms with E-state index in [2.05, 4.69) is 10.3 Å². The fraction of sp³-hybridized carbons (Fsp3) is 0.100. The third-order valence-electron chi connectivity index (χ3n) is 2.26. The molecular formula is C10H7ClN4O4. The third-order valence-corrected chi connectivity index (χ3v) is 2.58. The maximum absolute atomic E-state index is 10.8. The van der Waals surface area contributed by atoms with Crippen LogP contribution in [0.3, 0.4) is 0 Å². The number of nitro groups is 1. The summed E-state index contributed by atoms with van der Waals surface area (Å²) >= 11 is 5.69. The van der Waals surface area contributed by atoms with E-state index in [0.717, 1.165) is 0 Å². The summed E-state index contributed by atoms with van der Waals surface area (Å²) in [5.41, 5.74) is 0.375. The van der Waals surface area contributed by atoms with Crippen LogP contribution in [0.5, 0.6) is 0 Å². The average molecular weight is 283 g/mol. The summed E-state index contributed by atoms with van der Waals surface area (Å²) in [6.45, 7) is 0. The molecule has 1 aromatic heterocycles. The fourth-order valence-corrected chi connectivity index (χ4v) is 1.63. The largest absolute Gasteiger partial charge is 0.481 e. The van der Waals surface area contributed by atoms with E-state index in [0.29, 0.717) is 5.69 Å². The van der Waals surface area contributed by atoms with E-state index >= 15 is 0 Å². The van der Waals surface area contributed by atoms with Gasteiger partial charge in [0.2, 0.25) is 0 Å². The number of carboxylic acids is 1. The maximum Gasteiger partial charge on any atom is 0.309 e. The lowest BCUT2D eigenvalue weighted by atomic mass is 10.3. The molecule has 0 saturated carbocycles. The fourth-order valence-electron chi connectivity index (χ4n) is 1.44. The number of aliphatic carboxylic acids is 1. The third kappa shape index (κ3) is 2.86. The Balaban J connectivity index is 2.36. The number of carbonyl (C=O) groups is 1. The molecule has 0 amide bonds. The Hall–Kier alpha value is -2.48. The molecule has 0 unspecified atom stereocenters. The molecule has 8 nitrogen and oxygen atoms in total. The van der Waals surface area contributed by atoms with Crippen molar-refractivity contribution in [2.75, 3.05) is 0 Å². The number of halogens is 1. The number of rotatable bonds is 4. The molecule has 98 valence electrons. The number of hydrogen-bond donors (Lipinski definition) is 1. The van der Waals surface area contributed by atoms with Crippen LogP contribution in [0.15, 0.2) is 24.4 Å². The van der Waals surface area contributed by atoms with Gasteiger partial charge in [0.15, 0.2) is 0 Å². The average Bonchev–Trinajstić information content (AvgIpc) is 2.76. The Morgan fingerprint density at radius 3 is 2.89 bits per heavy atom. The predicted molar refractivity (Wildman–Crippen MR) is 64.4 cm³/mol. The summed E-state index contributed by atoms with van der Waals surface area (Å²) in [6.07, 6.45) is 1.12. The van der Waals surface area contributed by atoms with Gasteiger partial charge >= 0.3 is 5.97 Å². The van der Waals surface area contributed by atoms with Crippen LogP contribution in [0.2, 0.25) is 5.02 Å². The highest BCUT2D eigenvalue weighted by molar-refractivity contribution is 6.32. The second kappa shape index (κ2) is 5.02. The van der Waals surface area contributed by atoms with Crippen LogP contribution in [0.25, 0.3) is 5.69 Å². The van der Waals surface area contributed by atoms with Crippen LogP contribution in [-0.4, -0.2) is 31.0 Å². The summed E-state index contributed by atoms with van der Waals surface area (Å²) in [5.74, 6) is -1.03. The molecule has 2 rings (SSSR count). The van der Waals surface area contributed by atoms with Crippen molar-refractivity contribution in [3.8, 4) is 5.69 Å². The number of nitrogens with zero attached hydrogens (tertiary/aromatic N) is 4. The van der Waals surface area contributed by atoms with Gasteiger partial charge in [-0.3, -0.25) is 14.9 Å². The molecule has 0 aliphatic rings. The number of nitro benzene ring substituents is 1. The van der Waals surface area contributed by atoms with Crippen molar-refractivity contribution in [3.63, 3.8) is 0 Å². The number of hydrogen-bond acceptors (Lipinski definition) is 5. The number of carboxylic acid groups (broad SMARTS) is 1.